The Kier molecular flexibility index (Phi) is 9.90. The number of rotatable bonds is 12. The van der Waals surface area contributed by atoms with Gasteiger partial charge in [0.05, 0.1) is 29.6 Å². The summed E-state index contributed by atoms with van der Waals surface area (Å²) in [5, 5.41) is 6.69. The summed E-state index contributed by atoms with van der Waals surface area (Å²) in [5.74, 6) is 0.0435. The molecule has 216 valence electrons. The van der Waals surface area contributed by atoms with Crippen LogP contribution in [0.15, 0.2) is 113 Å². The molecule has 4 aromatic carbocycles. The molecular formula is C31H30N4O6S. The van der Waals surface area contributed by atoms with Gasteiger partial charge in [-0.15, -0.1) is 0 Å². The van der Waals surface area contributed by atoms with Gasteiger partial charge in [0.25, 0.3) is 21.8 Å². The van der Waals surface area contributed by atoms with E-state index in [0.717, 1.165) is 9.87 Å². The molecule has 0 radical (unpaired) electrons. The monoisotopic (exact) mass is 586 g/mol. The number of benzene rings is 4. The number of hydrogen-bond donors (Lipinski definition) is 2. The number of sulfonamides is 1. The highest BCUT2D eigenvalue weighted by Gasteiger charge is 2.27. The van der Waals surface area contributed by atoms with Crippen molar-refractivity contribution in [1.29, 1.82) is 0 Å². The van der Waals surface area contributed by atoms with Crippen molar-refractivity contribution in [2.45, 2.75) is 11.8 Å². The number of nitrogens with one attached hydrogen (secondary N) is 2. The number of carbonyl (C=O) groups is 2. The number of ether oxygens (including phenoxy) is 2. The minimum Gasteiger partial charge on any atom is -0.495 e. The van der Waals surface area contributed by atoms with Crippen LogP contribution in [-0.2, 0) is 19.6 Å². The number of hydrazone groups is 1. The minimum absolute atomic E-state index is 0.0767. The van der Waals surface area contributed by atoms with E-state index < -0.39 is 22.5 Å². The Bertz CT molecular complexity index is 1640. The summed E-state index contributed by atoms with van der Waals surface area (Å²) in [6.45, 7) is 1.19. The molecule has 0 unspecified atom stereocenters. The molecule has 2 amide bonds. The van der Waals surface area contributed by atoms with Crippen LogP contribution in [0.4, 0.5) is 11.4 Å². The second-order valence-corrected chi connectivity index (χ2v) is 10.9. The van der Waals surface area contributed by atoms with Gasteiger partial charge in [0.2, 0.25) is 0 Å². The van der Waals surface area contributed by atoms with Gasteiger partial charge in [-0.1, -0.05) is 48.0 Å². The van der Waals surface area contributed by atoms with E-state index in [1.54, 1.807) is 91.0 Å². The first-order valence-electron chi connectivity index (χ1n) is 12.9. The van der Waals surface area contributed by atoms with E-state index in [0.29, 0.717) is 28.4 Å². The molecule has 2 N–H and O–H groups in total. The van der Waals surface area contributed by atoms with Crippen molar-refractivity contribution in [2.24, 2.45) is 5.10 Å². The van der Waals surface area contributed by atoms with E-state index in [2.05, 4.69) is 15.8 Å². The molecule has 0 bridgehead atoms. The number of para-hydroxylation sites is 3. The van der Waals surface area contributed by atoms with Crippen LogP contribution >= 0.6 is 0 Å². The van der Waals surface area contributed by atoms with Crippen LogP contribution in [0.1, 0.15) is 11.1 Å². The van der Waals surface area contributed by atoms with E-state index >= 15 is 0 Å². The third kappa shape index (κ3) is 7.95. The first-order valence-corrected chi connectivity index (χ1v) is 14.3. The number of anilines is 2. The molecule has 0 atom stereocenters. The summed E-state index contributed by atoms with van der Waals surface area (Å²) in [5.41, 5.74) is 4.84. The molecule has 0 aliphatic carbocycles. The quantitative estimate of drug-likeness (QED) is 0.188. The average molecular weight is 587 g/mol. The lowest BCUT2D eigenvalue weighted by molar-refractivity contribution is -0.119. The SMILES string of the molecule is COc1ccccc1NC(=O)COc1ccc(/C=N\NC(=O)CN(c2ccccc2)S(=O)(=O)c2ccc(C)cc2)cc1. The maximum absolute atomic E-state index is 13.4. The van der Waals surface area contributed by atoms with Crippen molar-refractivity contribution in [3.8, 4) is 11.5 Å². The molecule has 0 aliphatic rings. The standard InChI is InChI=1S/C31H30N4O6S/c1-23-12-18-27(19-13-23)42(38,39)35(25-8-4-3-5-9-25)21-30(36)34-32-20-24-14-16-26(17-15-24)41-22-31(37)33-28-10-6-7-11-29(28)40-2/h3-20H,21-22H2,1-2H3,(H,33,37)(H,34,36)/b32-20-. The van der Waals surface area contributed by atoms with Crippen molar-refractivity contribution in [3.05, 3.63) is 114 Å². The van der Waals surface area contributed by atoms with Crippen LogP contribution in [0.25, 0.3) is 0 Å². The van der Waals surface area contributed by atoms with Gasteiger partial charge in [-0.05, 0) is 73.2 Å². The molecule has 0 saturated carbocycles. The zero-order valence-electron chi connectivity index (χ0n) is 23.1. The fraction of sp³-hybridized carbons (Fsp3) is 0.129. The lowest BCUT2D eigenvalue weighted by Gasteiger charge is -2.23. The highest BCUT2D eigenvalue weighted by Crippen LogP contribution is 2.24. The Labute approximate surface area is 244 Å². The number of carbonyl (C=O) groups excluding carboxylic acids is 2. The normalized spacial score (nSPS) is 11.1. The zero-order valence-corrected chi connectivity index (χ0v) is 23.9. The largest absolute Gasteiger partial charge is 0.495 e. The van der Waals surface area contributed by atoms with Gasteiger partial charge in [0, 0.05) is 0 Å². The van der Waals surface area contributed by atoms with E-state index in [4.69, 9.17) is 9.47 Å². The molecule has 10 nitrogen and oxygen atoms in total. The number of methoxy groups -OCH3 is 1. The van der Waals surface area contributed by atoms with Crippen molar-refractivity contribution in [2.75, 3.05) is 29.9 Å². The second kappa shape index (κ2) is 14.0. The van der Waals surface area contributed by atoms with Gasteiger partial charge in [-0.2, -0.15) is 5.10 Å². The molecule has 42 heavy (non-hydrogen) atoms. The second-order valence-electron chi connectivity index (χ2n) is 9.06. The summed E-state index contributed by atoms with van der Waals surface area (Å²) in [4.78, 5) is 25.1. The van der Waals surface area contributed by atoms with E-state index in [1.165, 1.54) is 25.5 Å². The van der Waals surface area contributed by atoms with Gasteiger partial charge in [0.15, 0.2) is 6.61 Å². The van der Waals surface area contributed by atoms with Crippen molar-refractivity contribution >= 4 is 39.4 Å². The highest BCUT2D eigenvalue weighted by atomic mass is 32.2. The van der Waals surface area contributed by atoms with E-state index in [9.17, 15) is 18.0 Å². The van der Waals surface area contributed by atoms with Crippen molar-refractivity contribution in [1.82, 2.24) is 5.43 Å². The lowest BCUT2D eigenvalue weighted by Crippen LogP contribution is -2.39. The van der Waals surface area contributed by atoms with Gasteiger partial charge in [-0.25, -0.2) is 13.8 Å². The summed E-state index contributed by atoms with van der Waals surface area (Å²) >= 11 is 0. The van der Waals surface area contributed by atoms with E-state index in [-0.39, 0.29) is 17.4 Å². The van der Waals surface area contributed by atoms with Crippen molar-refractivity contribution in [3.63, 3.8) is 0 Å². The zero-order chi connectivity index (χ0) is 30.0. The average Bonchev–Trinajstić information content (AvgIpc) is 3.00. The van der Waals surface area contributed by atoms with Crippen molar-refractivity contribution < 1.29 is 27.5 Å². The third-order valence-electron chi connectivity index (χ3n) is 5.97. The highest BCUT2D eigenvalue weighted by molar-refractivity contribution is 7.92. The van der Waals surface area contributed by atoms with Crippen LogP contribution in [0.2, 0.25) is 0 Å². The molecule has 0 heterocycles. The summed E-state index contributed by atoms with van der Waals surface area (Å²) in [7, 11) is -2.49. The Balaban J connectivity index is 1.33. The number of nitrogens with zero attached hydrogens (tertiary/aromatic N) is 2. The molecule has 0 aliphatic heterocycles. The Morgan fingerprint density at radius 2 is 1.52 bits per heavy atom. The predicted octanol–water partition coefficient (Wildman–Crippen LogP) is 4.37. The number of hydrogen-bond acceptors (Lipinski definition) is 7. The minimum atomic E-state index is -4.01. The Morgan fingerprint density at radius 3 is 2.21 bits per heavy atom. The molecular weight excluding hydrogens is 556 g/mol. The number of aryl methyl sites for hydroxylation is 1. The van der Waals surface area contributed by atoms with Crippen LogP contribution in [-0.4, -0.2) is 46.7 Å². The van der Waals surface area contributed by atoms with Gasteiger partial charge in [-0.3, -0.25) is 13.9 Å². The van der Waals surface area contributed by atoms with Crippen LogP contribution < -0.4 is 24.5 Å². The van der Waals surface area contributed by atoms with Crippen LogP contribution in [0.3, 0.4) is 0 Å². The molecule has 0 saturated heterocycles. The molecule has 11 heteroatoms. The fourth-order valence-corrected chi connectivity index (χ4v) is 5.25. The van der Waals surface area contributed by atoms with Gasteiger partial charge >= 0.3 is 0 Å². The summed E-state index contributed by atoms with van der Waals surface area (Å²) in [6, 6.07) is 28.6. The Hall–Kier alpha value is -5.16. The van der Waals surface area contributed by atoms with Gasteiger partial charge in [0.1, 0.15) is 18.0 Å². The number of amides is 2. The topological polar surface area (TPSA) is 126 Å². The summed E-state index contributed by atoms with van der Waals surface area (Å²) in [6.07, 6.45) is 1.41. The van der Waals surface area contributed by atoms with Gasteiger partial charge < -0.3 is 14.8 Å². The maximum Gasteiger partial charge on any atom is 0.264 e. The lowest BCUT2D eigenvalue weighted by atomic mass is 10.2. The third-order valence-corrected chi connectivity index (χ3v) is 7.76. The molecule has 4 aromatic rings. The molecule has 4 rings (SSSR count). The predicted molar refractivity (Wildman–Crippen MR) is 161 cm³/mol. The first kappa shape index (κ1) is 29.8. The van der Waals surface area contributed by atoms with Crippen LogP contribution in [0, 0.1) is 6.92 Å². The Morgan fingerprint density at radius 1 is 0.857 bits per heavy atom. The molecule has 0 spiro atoms. The first-order chi connectivity index (χ1) is 20.3. The smallest absolute Gasteiger partial charge is 0.264 e. The van der Waals surface area contributed by atoms with E-state index in [1.807, 2.05) is 6.92 Å². The summed E-state index contributed by atoms with van der Waals surface area (Å²) < 4.78 is 38.6. The van der Waals surface area contributed by atoms with Crippen LogP contribution in [0.5, 0.6) is 11.5 Å². The molecule has 0 aromatic heterocycles. The fourth-order valence-electron chi connectivity index (χ4n) is 3.82. The maximum atomic E-state index is 13.4. The molecule has 0 fully saturated rings.